The molecule has 0 amide bonds. The van der Waals surface area contributed by atoms with E-state index in [0.29, 0.717) is 11.7 Å². The Morgan fingerprint density at radius 2 is 2.15 bits per heavy atom. The van der Waals surface area contributed by atoms with E-state index in [4.69, 9.17) is 9.47 Å². The van der Waals surface area contributed by atoms with Crippen molar-refractivity contribution in [3.8, 4) is 17.6 Å². The minimum Gasteiger partial charge on any atom is -0.504 e. The van der Waals surface area contributed by atoms with Crippen LogP contribution in [0.5, 0.6) is 11.5 Å². The van der Waals surface area contributed by atoms with E-state index in [1.165, 1.54) is 24.0 Å². The largest absolute Gasteiger partial charge is 0.504 e. The lowest BCUT2D eigenvalue weighted by molar-refractivity contribution is -0.221. The van der Waals surface area contributed by atoms with Crippen LogP contribution in [0.3, 0.4) is 0 Å². The Balaban J connectivity index is 1.87. The van der Waals surface area contributed by atoms with E-state index < -0.39 is 5.60 Å². The zero-order chi connectivity index (χ0) is 19.0. The summed E-state index contributed by atoms with van der Waals surface area (Å²) >= 11 is 0. The number of aromatic hydroxyl groups is 1. The van der Waals surface area contributed by atoms with Gasteiger partial charge in [0.25, 0.3) is 0 Å². The maximum absolute atomic E-state index is 10.7. The molecule has 27 heavy (non-hydrogen) atoms. The number of methoxy groups -OCH3 is 1. The number of rotatable bonds is 3. The molecule has 0 radical (unpaired) electrons. The molecule has 1 unspecified atom stereocenters. The van der Waals surface area contributed by atoms with E-state index in [9.17, 15) is 10.4 Å². The highest BCUT2D eigenvalue weighted by Gasteiger charge is 2.76. The predicted octanol–water partition coefficient (Wildman–Crippen LogP) is 4.48. The molecule has 3 aliphatic carbocycles. The second-order valence-corrected chi connectivity index (χ2v) is 9.12. The van der Waals surface area contributed by atoms with Crippen molar-refractivity contribution in [2.24, 2.45) is 17.3 Å². The topological polar surface area (TPSA) is 62.5 Å². The lowest BCUT2D eigenvalue weighted by Gasteiger charge is -2.67. The first-order valence-corrected chi connectivity index (χ1v) is 10.5. The van der Waals surface area contributed by atoms with Crippen molar-refractivity contribution in [1.29, 1.82) is 5.26 Å². The maximum atomic E-state index is 10.7. The van der Waals surface area contributed by atoms with Gasteiger partial charge in [0, 0.05) is 18.1 Å². The first-order valence-electron chi connectivity index (χ1n) is 10.5. The second kappa shape index (κ2) is 5.41. The predicted molar refractivity (Wildman–Crippen MR) is 102 cm³/mol. The molecule has 2 fully saturated rings. The Hall–Kier alpha value is -1.73. The number of nitriles is 1. The third kappa shape index (κ3) is 1.66. The zero-order valence-corrected chi connectivity index (χ0v) is 16.5. The summed E-state index contributed by atoms with van der Waals surface area (Å²) < 4.78 is 12.8. The van der Waals surface area contributed by atoms with Gasteiger partial charge in [-0.05, 0) is 61.5 Å². The van der Waals surface area contributed by atoms with E-state index in [-0.39, 0.29) is 28.6 Å². The summed E-state index contributed by atoms with van der Waals surface area (Å²) in [5.41, 5.74) is 1.87. The van der Waals surface area contributed by atoms with E-state index in [1.807, 2.05) is 0 Å². The number of hydrogen-bond acceptors (Lipinski definition) is 4. The fourth-order valence-electron chi connectivity index (χ4n) is 7.90. The molecule has 4 nitrogen and oxygen atoms in total. The van der Waals surface area contributed by atoms with Gasteiger partial charge < -0.3 is 14.6 Å². The number of phenols is 1. The van der Waals surface area contributed by atoms with Crippen molar-refractivity contribution in [3.63, 3.8) is 0 Å². The average Bonchev–Trinajstić information content (AvgIpc) is 3.04. The van der Waals surface area contributed by atoms with Crippen LogP contribution in [0.2, 0.25) is 0 Å². The first kappa shape index (κ1) is 17.4. The Kier molecular flexibility index (Phi) is 3.48. The molecule has 2 bridgehead atoms. The van der Waals surface area contributed by atoms with Crippen molar-refractivity contribution in [2.45, 2.75) is 75.9 Å². The smallest absolute Gasteiger partial charge is 0.165 e. The van der Waals surface area contributed by atoms with Crippen molar-refractivity contribution >= 4 is 0 Å². The number of phenolic OH excluding ortho intramolecular Hbond substituents is 1. The Bertz CT molecular complexity index is 839. The minimum atomic E-state index is -0.630. The number of ether oxygens (including phenoxy) is 2. The van der Waals surface area contributed by atoms with Gasteiger partial charge in [-0.3, -0.25) is 0 Å². The zero-order valence-electron chi connectivity index (χ0n) is 16.5. The van der Waals surface area contributed by atoms with E-state index in [2.05, 4.69) is 26.0 Å². The van der Waals surface area contributed by atoms with Crippen LogP contribution in [-0.4, -0.2) is 23.9 Å². The van der Waals surface area contributed by atoms with Crippen molar-refractivity contribution in [3.05, 3.63) is 23.3 Å². The second-order valence-electron chi connectivity index (χ2n) is 9.12. The summed E-state index contributed by atoms with van der Waals surface area (Å²) in [5, 5.41) is 20.8. The van der Waals surface area contributed by atoms with Crippen LogP contribution in [0, 0.1) is 28.6 Å². The summed E-state index contributed by atoms with van der Waals surface area (Å²) in [4.78, 5) is 0. The Morgan fingerprint density at radius 1 is 1.33 bits per heavy atom. The van der Waals surface area contributed by atoms with Gasteiger partial charge >= 0.3 is 0 Å². The van der Waals surface area contributed by atoms with Crippen LogP contribution in [0.4, 0.5) is 0 Å². The molecule has 0 aromatic heterocycles. The van der Waals surface area contributed by atoms with Gasteiger partial charge in [-0.25, -0.2) is 0 Å². The molecule has 4 aliphatic rings. The third-order valence-electron chi connectivity index (χ3n) is 8.93. The molecule has 4 heteroatoms. The maximum Gasteiger partial charge on any atom is 0.165 e. The Labute approximate surface area is 161 Å². The monoisotopic (exact) mass is 367 g/mol. The highest BCUT2D eigenvalue weighted by Crippen LogP contribution is 2.74. The van der Waals surface area contributed by atoms with Gasteiger partial charge in [0.1, 0.15) is 11.7 Å². The number of nitrogens with zero attached hydrogens (tertiary/aromatic N) is 1. The van der Waals surface area contributed by atoms with E-state index >= 15 is 0 Å². The number of hydrogen-bond donors (Lipinski definition) is 1. The highest BCUT2D eigenvalue weighted by molar-refractivity contribution is 5.62. The molecule has 5 rings (SSSR count). The third-order valence-corrected chi connectivity index (χ3v) is 8.93. The van der Waals surface area contributed by atoms with Crippen LogP contribution in [0.1, 0.15) is 63.5 Å². The fourth-order valence-corrected chi connectivity index (χ4v) is 7.90. The highest BCUT2D eigenvalue weighted by atomic mass is 16.6. The van der Waals surface area contributed by atoms with Gasteiger partial charge in [-0.1, -0.05) is 26.3 Å². The molecule has 1 aromatic carbocycles. The van der Waals surface area contributed by atoms with Crippen molar-refractivity contribution < 1.29 is 14.6 Å². The quantitative estimate of drug-likeness (QED) is 0.855. The summed E-state index contributed by atoms with van der Waals surface area (Å²) in [6, 6.07) is 6.51. The van der Waals surface area contributed by atoms with Crippen LogP contribution >= 0.6 is 0 Å². The van der Waals surface area contributed by atoms with Crippen molar-refractivity contribution in [2.75, 3.05) is 7.11 Å². The fraction of sp³-hybridized carbons (Fsp3) is 0.696. The summed E-state index contributed by atoms with van der Waals surface area (Å²) in [5.74, 6) is 1.29. The summed E-state index contributed by atoms with van der Waals surface area (Å²) in [7, 11) is 1.74. The Morgan fingerprint density at radius 3 is 2.81 bits per heavy atom. The molecule has 0 saturated heterocycles. The standard InChI is InChI=1S/C23H29NO3/c1-4-21-12-16(13-24)23(5-2,26-3)20-22(21)10-6-7-15(21)11-14-8-9-17(25)19(27-20)18(14)22/h8-9,15-16,20,25H,4-7,10-12H2,1-3H3/t15-,16-,20-,21-,22?,23-/m1/s1. The van der Waals surface area contributed by atoms with E-state index in [1.54, 1.807) is 13.2 Å². The van der Waals surface area contributed by atoms with Crippen LogP contribution in [-0.2, 0) is 16.6 Å². The molecule has 1 N–H and O–H groups in total. The van der Waals surface area contributed by atoms with Crippen LogP contribution < -0.4 is 4.74 Å². The van der Waals surface area contributed by atoms with Gasteiger partial charge in [0.15, 0.2) is 11.5 Å². The van der Waals surface area contributed by atoms with Gasteiger partial charge in [-0.15, -0.1) is 0 Å². The van der Waals surface area contributed by atoms with Crippen molar-refractivity contribution in [1.82, 2.24) is 0 Å². The normalized spacial score (nSPS) is 43.6. The lowest BCUT2D eigenvalue weighted by atomic mass is 9.36. The van der Waals surface area contributed by atoms with Gasteiger partial charge in [-0.2, -0.15) is 5.26 Å². The molecule has 1 heterocycles. The summed E-state index contributed by atoms with van der Waals surface area (Å²) in [6.45, 7) is 4.41. The molecule has 1 aromatic rings. The van der Waals surface area contributed by atoms with Gasteiger partial charge in [0.05, 0.1) is 12.0 Å². The van der Waals surface area contributed by atoms with Crippen LogP contribution in [0.15, 0.2) is 12.1 Å². The lowest BCUT2D eigenvalue weighted by Crippen LogP contribution is -2.73. The molecule has 6 atom stereocenters. The molecular weight excluding hydrogens is 338 g/mol. The first-order chi connectivity index (χ1) is 13.0. The van der Waals surface area contributed by atoms with E-state index in [0.717, 1.165) is 32.1 Å². The molecular formula is C23H29NO3. The number of benzene rings is 1. The molecule has 1 spiro atoms. The SMILES string of the molecule is CC[C@]1(OC)[C@@H]2Oc3c(O)ccc4c3C23CCC[C@H](C4)[C@@]3(CC)C[C@@H]1C#N. The molecule has 1 aliphatic heterocycles. The minimum absolute atomic E-state index is 0.0551. The molecule has 2 saturated carbocycles. The average molecular weight is 367 g/mol. The van der Waals surface area contributed by atoms with Crippen LogP contribution in [0.25, 0.3) is 0 Å². The van der Waals surface area contributed by atoms with Gasteiger partial charge in [0.2, 0.25) is 0 Å². The molecule has 144 valence electrons. The summed E-state index contributed by atoms with van der Waals surface area (Å²) in [6.07, 6.45) is 6.97.